The lowest BCUT2D eigenvalue weighted by Crippen LogP contribution is -2.52. The largest absolute Gasteiger partial charge is 0.327 e. The molecule has 1 heterocycles. The first-order valence-electron chi connectivity index (χ1n) is 14.5. The number of urea groups is 1. The summed E-state index contributed by atoms with van der Waals surface area (Å²) >= 11 is 12.0. The Morgan fingerprint density at radius 2 is 1.61 bits per heavy atom. The fourth-order valence-electron chi connectivity index (χ4n) is 5.53. The number of halogens is 2. The number of amides is 5. The predicted octanol–water partition coefficient (Wildman–Crippen LogP) is 7.11. The van der Waals surface area contributed by atoms with Gasteiger partial charge in [0.1, 0.15) is 0 Å². The minimum Gasteiger partial charge on any atom is -0.326 e. The Labute approximate surface area is 251 Å². The van der Waals surface area contributed by atoms with Crippen LogP contribution in [-0.2, 0) is 20.9 Å². The second kappa shape index (κ2) is 14.7. The molecule has 10 heteroatoms. The predicted molar refractivity (Wildman–Crippen MR) is 162 cm³/mol. The molecule has 1 saturated carbocycles. The molecule has 2 aromatic carbocycles. The summed E-state index contributed by atoms with van der Waals surface area (Å²) < 4.78 is 0. The van der Waals surface area contributed by atoms with Crippen LogP contribution in [-0.4, -0.2) is 46.6 Å². The summed E-state index contributed by atoms with van der Waals surface area (Å²) in [5.41, 5.74) is 2.07. The van der Waals surface area contributed by atoms with E-state index < -0.39 is 6.03 Å². The van der Waals surface area contributed by atoms with E-state index in [1.807, 2.05) is 24.3 Å². The number of hydrogen-bond donors (Lipinski definition) is 2. The van der Waals surface area contributed by atoms with Crippen LogP contribution in [0.25, 0.3) is 0 Å². The molecule has 0 spiro atoms. The molecule has 41 heavy (non-hydrogen) atoms. The van der Waals surface area contributed by atoms with Crippen LogP contribution < -0.4 is 10.6 Å². The van der Waals surface area contributed by atoms with E-state index in [4.69, 9.17) is 23.2 Å². The number of benzene rings is 2. The molecule has 5 amide bonds. The maximum atomic E-state index is 13.1. The minimum absolute atomic E-state index is 0.0280. The van der Waals surface area contributed by atoms with Crippen molar-refractivity contribution in [1.29, 1.82) is 0 Å². The van der Waals surface area contributed by atoms with Crippen molar-refractivity contribution >= 4 is 58.3 Å². The smallest absolute Gasteiger partial charge is 0.326 e. The number of anilines is 2. The van der Waals surface area contributed by atoms with Crippen LogP contribution in [0.2, 0.25) is 10.0 Å². The van der Waals surface area contributed by atoms with E-state index in [9.17, 15) is 19.2 Å². The third-order valence-electron chi connectivity index (χ3n) is 7.89. The van der Waals surface area contributed by atoms with E-state index in [1.54, 1.807) is 23.1 Å². The van der Waals surface area contributed by atoms with Crippen LogP contribution in [0.4, 0.5) is 16.2 Å². The molecule has 2 aromatic rings. The van der Waals surface area contributed by atoms with Crippen molar-refractivity contribution in [3.05, 3.63) is 58.1 Å². The van der Waals surface area contributed by atoms with Crippen LogP contribution in [0, 0.1) is 11.8 Å². The molecule has 1 aliphatic carbocycles. The third-order valence-corrected chi connectivity index (χ3v) is 8.32. The number of carbonyl (C=O) groups excluding carboxylic acids is 4. The molecular weight excluding hydrogens is 563 g/mol. The number of carbonyl (C=O) groups is 4. The van der Waals surface area contributed by atoms with Crippen molar-refractivity contribution in [2.45, 2.75) is 71.3 Å². The Balaban J connectivity index is 1.25. The third kappa shape index (κ3) is 8.94. The lowest BCUT2D eigenvalue weighted by Gasteiger charge is -2.34. The van der Waals surface area contributed by atoms with Gasteiger partial charge in [0.2, 0.25) is 17.7 Å². The van der Waals surface area contributed by atoms with Crippen molar-refractivity contribution in [2.24, 2.45) is 11.8 Å². The Bertz CT molecular complexity index is 1220. The summed E-state index contributed by atoms with van der Waals surface area (Å²) in [6.07, 6.45) is 8.04. The molecule has 0 unspecified atom stereocenters. The van der Waals surface area contributed by atoms with E-state index in [2.05, 4.69) is 17.6 Å². The molecule has 8 nitrogen and oxygen atoms in total. The van der Waals surface area contributed by atoms with Crippen LogP contribution >= 0.6 is 23.2 Å². The number of nitrogens with one attached hydrogen (secondary N) is 2. The van der Waals surface area contributed by atoms with E-state index in [0.717, 1.165) is 47.8 Å². The second-order valence-corrected chi connectivity index (χ2v) is 11.9. The van der Waals surface area contributed by atoms with E-state index in [-0.39, 0.29) is 43.0 Å². The van der Waals surface area contributed by atoms with Crippen molar-refractivity contribution < 1.29 is 19.2 Å². The van der Waals surface area contributed by atoms with Crippen molar-refractivity contribution in [1.82, 2.24) is 9.80 Å². The maximum Gasteiger partial charge on any atom is 0.327 e. The van der Waals surface area contributed by atoms with E-state index in [1.165, 1.54) is 19.3 Å². The summed E-state index contributed by atoms with van der Waals surface area (Å²) in [6, 6.07) is 11.7. The zero-order valence-corrected chi connectivity index (χ0v) is 25.0. The van der Waals surface area contributed by atoms with Crippen LogP contribution in [0.3, 0.4) is 0 Å². The molecule has 0 aromatic heterocycles. The molecule has 0 atom stereocenters. The first kappa shape index (κ1) is 30.8. The number of hydrogen-bond acceptors (Lipinski definition) is 4. The Hall–Kier alpha value is -3.10. The first-order chi connectivity index (χ1) is 19.7. The standard InChI is InChI=1S/C31H38Cl2N4O4/c1-2-3-4-21-5-9-23(10-6-21)30(40)35-26-11-7-22(8-12-26)20-36-15-14-29(39)37(31(36)41)16-13-28(38)34-27-18-24(32)17-25(33)19-27/h7-8,11-12,17-19,21,23H,2-6,9-10,13-16,20H2,1H3,(H,34,38)(H,35,40). The summed E-state index contributed by atoms with van der Waals surface area (Å²) in [5, 5.41) is 6.52. The van der Waals surface area contributed by atoms with Gasteiger partial charge in [-0.3, -0.25) is 19.3 Å². The second-order valence-electron chi connectivity index (χ2n) is 11.0. The fourth-order valence-corrected chi connectivity index (χ4v) is 6.06. The van der Waals surface area contributed by atoms with Gasteiger partial charge in [-0.05, 0) is 67.5 Å². The highest BCUT2D eigenvalue weighted by atomic mass is 35.5. The van der Waals surface area contributed by atoms with Crippen LogP contribution in [0.15, 0.2) is 42.5 Å². The number of unbranched alkanes of at least 4 members (excludes halogenated alkanes) is 1. The molecule has 0 radical (unpaired) electrons. The number of rotatable bonds is 11. The first-order valence-corrected chi connectivity index (χ1v) is 15.2. The molecule has 4 rings (SSSR count). The van der Waals surface area contributed by atoms with Crippen molar-refractivity contribution in [3.63, 3.8) is 0 Å². The molecule has 1 saturated heterocycles. The van der Waals surface area contributed by atoms with Gasteiger partial charge in [-0.2, -0.15) is 0 Å². The minimum atomic E-state index is -0.424. The van der Waals surface area contributed by atoms with Gasteiger partial charge in [0.15, 0.2) is 0 Å². The summed E-state index contributed by atoms with van der Waals surface area (Å²) in [4.78, 5) is 53.5. The van der Waals surface area contributed by atoms with Gasteiger partial charge in [0.05, 0.1) is 0 Å². The van der Waals surface area contributed by atoms with Gasteiger partial charge in [0.25, 0.3) is 0 Å². The van der Waals surface area contributed by atoms with Gasteiger partial charge in [0, 0.05) is 59.8 Å². The molecule has 220 valence electrons. The molecule has 2 N–H and O–H groups in total. The van der Waals surface area contributed by atoms with Crippen molar-refractivity contribution in [2.75, 3.05) is 23.7 Å². The monoisotopic (exact) mass is 600 g/mol. The fraction of sp³-hybridized carbons (Fsp3) is 0.484. The Morgan fingerprint density at radius 1 is 0.927 bits per heavy atom. The van der Waals surface area contributed by atoms with Gasteiger partial charge >= 0.3 is 6.03 Å². The van der Waals surface area contributed by atoms with Crippen molar-refractivity contribution in [3.8, 4) is 0 Å². The number of nitrogens with zero attached hydrogens (tertiary/aromatic N) is 2. The highest BCUT2D eigenvalue weighted by Crippen LogP contribution is 2.32. The summed E-state index contributed by atoms with van der Waals surface area (Å²) in [6.45, 7) is 2.82. The quantitative estimate of drug-likeness (QED) is 0.287. The average Bonchev–Trinajstić information content (AvgIpc) is 2.94. The summed E-state index contributed by atoms with van der Waals surface area (Å²) in [5.74, 6) is 0.236. The van der Waals surface area contributed by atoms with E-state index >= 15 is 0 Å². The lowest BCUT2D eigenvalue weighted by molar-refractivity contribution is -0.131. The van der Waals surface area contributed by atoms with Gasteiger partial charge in [-0.15, -0.1) is 0 Å². The van der Waals surface area contributed by atoms with Crippen LogP contribution in [0.1, 0.15) is 70.3 Å². The van der Waals surface area contributed by atoms with Gasteiger partial charge in [-0.1, -0.05) is 61.5 Å². The Kier molecular flexibility index (Phi) is 11.1. The zero-order chi connectivity index (χ0) is 29.4. The van der Waals surface area contributed by atoms with E-state index in [0.29, 0.717) is 28.8 Å². The maximum absolute atomic E-state index is 13.1. The normalized spacial score (nSPS) is 19.3. The average molecular weight is 602 g/mol. The molecular formula is C31H38Cl2N4O4. The van der Waals surface area contributed by atoms with Gasteiger partial charge < -0.3 is 15.5 Å². The topological polar surface area (TPSA) is 98.8 Å². The SMILES string of the molecule is CCCCC1CCC(C(=O)Nc2ccc(CN3CCC(=O)N(CCC(=O)Nc4cc(Cl)cc(Cl)c4)C3=O)cc2)CC1. The molecule has 0 bridgehead atoms. The molecule has 1 aliphatic heterocycles. The number of imide groups is 1. The Morgan fingerprint density at radius 3 is 2.27 bits per heavy atom. The highest BCUT2D eigenvalue weighted by molar-refractivity contribution is 6.35. The lowest BCUT2D eigenvalue weighted by atomic mass is 9.79. The van der Waals surface area contributed by atoms with Gasteiger partial charge in [-0.25, -0.2) is 4.79 Å². The highest BCUT2D eigenvalue weighted by Gasteiger charge is 2.32. The van der Waals surface area contributed by atoms with Crippen LogP contribution in [0.5, 0.6) is 0 Å². The zero-order valence-electron chi connectivity index (χ0n) is 23.5. The molecule has 2 fully saturated rings. The molecule has 2 aliphatic rings. The summed E-state index contributed by atoms with van der Waals surface area (Å²) in [7, 11) is 0.